The first-order valence-electron chi connectivity index (χ1n) is 9.76. The number of carbonyl (C=O) groups excluding carboxylic acids is 1. The summed E-state index contributed by atoms with van der Waals surface area (Å²) in [5.74, 6) is 0.0264. The molecular formula is C20H30N6O2. The summed E-state index contributed by atoms with van der Waals surface area (Å²) in [5.41, 5.74) is 2.22. The molecule has 8 nitrogen and oxygen atoms in total. The van der Waals surface area contributed by atoms with E-state index in [1.54, 1.807) is 22.5 Å². The van der Waals surface area contributed by atoms with E-state index in [0.29, 0.717) is 25.3 Å². The first-order chi connectivity index (χ1) is 13.1. The van der Waals surface area contributed by atoms with Crippen LogP contribution in [0, 0.1) is 6.92 Å². The third-order valence-corrected chi connectivity index (χ3v) is 5.14. The van der Waals surface area contributed by atoms with Crippen molar-refractivity contribution in [2.24, 2.45) is 7.05 Å². The Kier molecular flexibility index (Phi) is 5.69. The normalized spacial score (nSPS) is 15.8. The van der Waals surface area contributed by atoms with Crippen LogP contribution in [0.2, 0.25) is 0 Å². The maximum atomic E-state index is 12.7. The van der Waals surface area contributed by atoms with Crippen molar-refractivity contribution in [3.8, 4) is 0 Å². The second-order valence-corrected chi connectivity index (χ2v) is 8.46. The van der Waals surface area contributed by atoms with Gasteiger partial charge in [0.25, 0.3) is 11.5 Å². The van der Waals surface area contributed by atoms with Gasteiger partial charge >= 0.3 is 0 Å². The molecule has 28 heavy (non-hydrogen) atoms. The summed E-state index contributed by atoms with van der Waals surface area (Å²) in [6.45, 7) is 12.4. The quantitative estimate of drug-likeness (QED) is 0.785. The summed E-state index contributed by atoms with van der Waals surface area (Å²) in [5, 5.41) is 8.78. The van der Waals surface area contributed by atoms with E-state index >= 15 is 0 Å². The number of rotatable bonds is 4. The molecule has 0 aromatic carbocycles. The number of hydrogen-bond donors (Lipinski definition) is 0. The molecule has 3 heterocycles. The van der Waals surface area contributed by atoms with Crippen LogP contribution in [0.15, 0.2) is 23.0 Å². The van der Waals surface area contributed by atoms with Crippen LogP contribution < -0.4 is 5.56 Å². The number of nitrogens with zero attached hydrogens (tertiary/aromatic N) is 6. The average molecular weight is 387 g/mol. The largest absolute Gasteiger partial charge is 0.335 e. The molecule has 8 heteroatoms. The van der Waals surface area contributed by atoms with Crippen molar-refractivity contribution in [1.82, 2.24) is 29.4 Å². The van der Waals surface area contributed by atoms with Gasteiger partial charge in [0.1, 0.15) is 5.69 Å². The fourth-order valence-corrected chi connectivity index (χ4v) is 3.39. The molecule has 1 fully saturated rings. The number of hydrogen-bond acceptors (Lipinski definition) is 5. The molecule has 0 unspecified atom stereocenters. The lowest BCUT2D eigenvalue weighted by Crippen LogP contribution is -2.50. The summed E-state index contributed by atoms with van der Waals surface area (Å²) < 4.78 is 3.20. The number of piperazine rings is 1. The molecule has 3 rings (SSSR count). The highest BCUT2D eigenvalue weighted by Crippen LogP contribution is 2.18. The molecule has 1 amide bonds. The van der Waals surface area contributed by atoms with Crippen molar-refractivity contribution >= 4 is 5.91 Å². The van der Waals surface area contributed by atoms with E-state index in [0.717, 1.165) is 31.0 Å². The monoisotopic (exact) mass is 386 g/mol. The Morgan fingerprint density at radius 2 is 1.75 bits per heavy atom. The van der Waals surface area contributed by atoms with Crippen molar-refractivity contribution in [3.63, 3.8) is 0 Å². The average Bonchev–Trinajstić information content (AvgIpc) is 2.98. The Labute approximate surface area is 165 Å². The first kappa shape index (κ1) is 20.3. The summed E-state index contributed by atoms with van der Waals surface area (Å²) in [4.78, 5) is 29.0. The van der Waals surface area contributed by atoms with Crippen LogP contribution >= 0.6 is 0 Å². The lowest BCUT2D eigenvalue weighted by atomic mass is 9.92. The van der Waals surface area contributed by atoms with Crippen molar-refractivity contribution in [3.05, 3.63) is 45.6 Å². The highest BCUT2D eigenvalue weighted by atomic mass is 16.2. The number of aromatic nitrogens is 4. The highest BCUT2D eigenvalue weighted by molar-refractivity contribution is 5.92. The van der Waals surface area contributed by atoms with Crippen molar-refractivity contribution in [2.75, 3.05) is 32.7 Å². The minimum Gasteiger partial charge on any atom is -0.335 e. The van der Waals surface area contributed by atoms with Crippen LogP contribution in [0.25, 0.3) is 0 Å². The van der Waals surface area contributed by atoms with Gasteiger partial charge < -0.3 is 4.90 Å². The van der Waals surface area contributed by atoms with Gasteiger partial charge in [-0.3, -0.25) is 19.2 Å². The van der Waals surface area contributed by atoms with Crippen LogP contribution in [0.1, 0.15) is 42.6 Å². The smallest absolute Gasteiger partial charge is 0.272 e. The predicted octanol–water partition coefficient (Wildman–Crippen LogP) is 1.04. The summed E-state index contributed by atoms with van der Waals surface area (Å²) in [6, 6.07) is 5.23. The second kappa shape index (κ2) is 7.87. The van der Waals surface area contributed by atoms with Crippen LogP contribution in [0.3, 0.4) is 0 Å². The molecule has 0 spiro atoms. The third kappa shape index (κ3) is 4.49. The lowest BCUT2D eigenvalue weighted by molar-refractivity contribution is 0.0620. The molecule has 0 bridgehead atoms. The lowest BCUT2D eigenvalue weighted by Gasteiger charge is -2.34. The topological polar surface area (TPSA) is 76.3 Å². The van der Waals surface area contributed by atoms with Crippen molar-refractivity contribution < 1.29 is 4.79 Å². The van der Waals surface area contributed by atoms with E-state index in [2.05, 4.69) is 35.9 Å². The Hall–Kier alpha value is -2.48. The van der Waals surface area contributed by atoms with E-state index in [9.17, 15) is 9.59 Å². The predicted molar refractivity (Wildman–Crippen MR) is 107 cm³/mol. The second-order valence-electron chi connectivity index (χ2n) is 8.46. The molecule has 1 saturated heterocycles. The molecule has 0 saturated carbocycles. The van der Waals surface area contributed by atoms with Gasteiger partial charge in [-0.2, -0.15) is 10.2 Å². The maximum absolute atomic E-state index is 12.7. The first-order valence-corrected chi connectivity index (χ1v) is 9.76. The standard InChI is InChI=1S/C20H30N6O2/c1-15-14-16(23(5)21-15)19(28)25-11-8-24(9-12-25)10-13-26-18(27)7-6-17(22-26)20(2,3)4/h6-7,14H,8-13H2,1-5H3. The molecule has 1 aliphatic rings. The SMILES string of the molecule is Cc1cc(C(=O)N2CCN(CCn3nc(C(C)(C)C)ccc3=O)CC2)n(C)n1. The summed E-state index contributed by atoms with van der Waals surface area (Å²) in [7, 11) is 1.80. The Morgan fingerprint density at radius 3 is 2.32 bits per heavy atom. The number of aryl methyl sites for hydroxylation is 2. The third-order valence-electron chi connectivity index (χ3n) is 5.14. The van der Waals surface area contributed by atoms with Gasteiger partial charge in [0.05, 0.1) is 17.9 Å². The van der Waals surface area contributed by atoms with Crippen LogP contribution in [-0.2, 0) is 19.0 Å². The van der Waals surface area contributed by atoms with E-state index < -0.39 is 0 Å². The Balaban J connectivity index is 1.56. The molecule has 2 aromatic heterocycles. The molecule has 2 aromatic rings. The van der Waals surface area contributed by atoms with Gasteiger partial charge in [-0.25, -0.2) is 4.68 Å². The van der Waals surface area contributed by atoms with Gasteiger partial charge in [-0.1, -0.05) is 20.8 Å². The molecule has 0 N–H and O–H groups in total. The van der Waals surface area contributed by atoms with E-state index in [4.69, 9.17) is 0 Å². The Morgan fingerprint density at radius 1 is 1.07 bits per heavy atom. The Bertz CT molecular complexity index is 900. The zero-order chi connectivity index (χ0) is 20.5. The number of carbonyl (C=O) groups is 1. The number of amides is 1. The maximum Gasteiger partial charge on any atom is 0.272 e. The van der Waals surface area contributed by atoms with Crippen molar-refractivity contribution in [2.45, 2.75) is 39.7 Å². The molecule has 0 aliphatic carbocycles. The molecule has 0 atom stereocenters. The molecule has 0 radical (unpaired) electrons. The minimum absolute atomic E-state index is 0.0264. The van der Waals surface area contributed by atoms with E-state index in [1.165, 1.54) is 0 Å². The minimum atomic E-state index is -0.0917. The van der Waals surface area contributed by atoms with Gasteiger partial charge in [0, 0.05) is 51.3 Å². The van der Waals surface area contributed by atoms with E-state index in [-0.39, 0.29) is 16.9 Å². The molecule has 1 aliphatic heterocycles. The highest BCUT2D eigenvalue weighted by Gasteiger charge is 2.24. The van der Waals surface area contributed by atoms with Gasteiger partial charge in [0.15, 0.2) is 0 Å². The van der Waals surface area contributed by atoms with Crippen molar-refractivity contribution in [1.29, 1.82) is 0 Å². The van der Waals surface area contributed by atoms with E-state index in [1.807, 2.05) is 24.0 Å². The van der Waals surface area contributed by atoms with Gasteiger partial charge in [-0.15, -0.1) is 0 Å². The molecule has 152 valence electrons. The zero-order valence-electron chi connectivity index (χ0n) is 17.5. The fraction of sp³-hybridized carbons (Fsp3) is 0.600. The van der Waals surface area contributed by atoms with Crippen LogP contribution in [0.4, 0.5) is 0 Å². The fourth-order valence-electron chi connectivity index (χ4n) is 3.39. The van der Waals surface area contributed by atoms with Gasteiger partial charge in [0.2, 0.25) is 0 Å². The summed E-state index contributed by atoms with van der Waals surface area (Å²) >= 11 is 0. The van der Waals surface area contributed by atoms with Crippen LogP contribution in [0.5, 0.6) is 0 Å². The molecular weight excluding hydrogens is 356 g/mol. The zero-order valence-corrected chi connectivity index (χ0v) is 17.5. The van der Waals surface area contributed by atoms with Crippen LogP contribution in [-0.4, -0.2) is 68.0 Å². The van der Waals surface area contributed by atoms with Gasteiger partial charge in [-0.05, 0) is 19.1 Å². The summed E-state index contributed by atoms with van der Waals surface area (Å²) in [6.07, 6.45) is 0.